The molecule has 1 aliphatic rings. The van der Waals surface area contributed by atoms with Gasteiger partial charge in [-0.3, -0.25) is 4.79 Å². The minimum absolute atomic E-state index is 0. The Bertz CT molecular complexity index is 672. The van der Waals surface area contributed by atoms with Crippen molar-refractivity contribution in [2.24, 2.45) is 0 Å². The molecule has 1 unspecified atom stereocenters. The molecule has 0 spiro atoms. The predicted octanol–water partition coefficient (Wildman–Crippen LogP) is 3.57. The molecular formula is C16H19ClN2O2S. The largest absolute Gasteiger partial charge is 0.496 e. The number of hydrogen-bond acceptors (Lipinski definition) is 4. The summed E-state index contributed by atoms with van der Waals surface area (Å²) in [5.74, 6) is 0.681. The van der Waals surface area contributed by atoms with E-state index in [2.05, 4.69) is 5.32 Å². The molecule has 0 saturated heterocycles. The van der Waals surface area contributed by atoms with Gasteiger partial charge >= 0.3 is 0 Å². The standard InChI is InChI=1S/C16H18N2O2S.ClH/c1-20-12-8-15(21-9-12)16(19)18-14-4-2-3-10-7-11(17)5-6-13(10)14;/h5-9,14H,2-4,17H2,1H3,(H,18,19);1H. The van der Waals surface area contributed by atoms with Crippen LogP contribution in [0.25, 0.3) is 0 Å². The number of benzene rings is 1. The van der Waals surface area contributed by atoms with E-state index in [4.69, 9.17) is 10.5 Å². The zero-order chi connectivity index (χ0) is 14.8. The van der Waals surface area contributed by atoms with Gasteiger partial charge in [0.15, 0.2) is 0 Å². The molecule has 22 heavy (non-hydrogen) atoms. The number of ether oxygens (including phenoxy) is 1. The summed E-state index contributed by atoms with van der Waals surface area (Å²) in [6.07, 6.45) is 3.06. The van der Waals surface area contributed by atoms with Gasteiger partial charge in [0.1, 0.15) is 5.75 Å². The topological polar surface area (TPSA) is 64.3 Å². The second-order valence-corrected chi connectivity index (χ2v) is 6.14. The van der Waals surface area contributed by atoms with Crippen molar-refractivity contribution in [1.29, 1.82) is 0 Å². The maximum absolute atomic E-state index is 12.3. The molecule has 1 amide bonds. The third-order valence-electron chi connectivity index (χ3n) is 3.82. The fourth-order valence-electron chi connectivity index (χ4n) is 2.76. The summed E-state index contributed by atoms with van der Waals surface area (Å²) in [5.41, 5.74) is 9.05. The number of aryl methyl sites for hydroxylation is 1. The van der Waals surface area contributed by atoms with Gasteiger partial charge in [0.05, 0.1) is 18.0 Å². The first-order valence-corrected chi connectivity index (χ1v) is 7.87. The number of methoxy groups -OCH3 is 1. The van der Waals surface area contributed by atoms with Crippen molar-refractivity contribution in [1.82, 2.24) is 5.32 Å². The molecule has 0 fully saturated rings. The lowest BCUT2D eigenvalue weighted by molar-refractivity contribution is 0.0936. The van der Waals surface area contributed by atoms with Crippen LogP contribution in [0.1, 0.15) is 39.7 Å². The molecule has 0 saturated carbocycles. The van der Waals surface area contributed by atoms with Gasteiger partial charge in [-0.2, -0.15) is 0 Å². The number of hydrogen-bond donors (Lipinski definition) is 2. The fraction of sp³-hybridized carbons (Fsp3) is 0.312. The lowest BCUT2D eigenvalue weighted by atomic mass is 9.87. The van der Waals surface area contributed by atoms with Gasteiger partial charge in [-0.15, -0.1) is 23.7 Å². The zero-order valence-electron chi connectivity index (χ0n) is 12.3. The molecule has 1 aliphatic carbocycles. The van der Waals surface area contributed by atoms with E-state index in [1.807, 2.05) is 23.6 Å². The molecule has 3 rings (SSSR count). The molecule has 2 aromatic rings. The SMILES string of the molecule is COc1csc(C(=O)NC2CCCc3cc(N)ccc32)c1.Cl. The maximum Gasteiger partial charge on any atom is 0.261 e. The van der Waals surface area contributed by atoms with Crippen molar-refractivity contribution in [2.75, 3.05) is 12.8 Å². The number of thiophene rings is 1. The lowest BCUT2D eigenvalue weighted by Crippen LogP contribution is -2.30. The van der Waals surface area contributed by atoms with Crippen molar-refractivity contribution in [3.63, 3.8) is 0 Å². The zero-order valence-corrected chi connectivity index (χ0v) is 13.9. The first kappa shape index (κ1) is 16.6. The molecule has 1 aromatic heterocycles. The third-order valence-corrected chi connectivity index (χ3v) is 4.73. The summed E-state index contributed by atoms with van der Waals surface area (Å²) in [4.78, 5) is 13.0. The monoisotopic (exact) mass is 338 g/mol. The summed E-state index contributed by atoms with van der Waals surface area (Å²) in [6, 6.07) is 7.78. The van der Waals surface area contributed by atoms with Crippen molar-refractivity contribution in [3.8, 4) is 5.75 Å². The van der Waals surface area contributed by atoms with Crippen LogP contribution in [0.15, 0.2) is 29.6 Å². The molecule has 6 heteroatoms. The number of rotatable bonds is 3. The molecule has 0 radical (unpaired) electrons. The van der Waals surface area contributed by atoms with Crippen molar-refractivity contribution in [2.45, 2.75) is 25.3 Å². The highest BCUT2D eigenvalue weighted by atomic mass is 35.5. The highest BCUT2D eigenvalue weighted by Crippen LogP contribution is 2.31. The fourth-order valence-corrected chi connectivity index (χ4v) is 3.52. The minimum atomic E-state index is -0.0435. The molecule has 4 nitrogen and oxygen atoms in total. The molecule has 0 bridgehead atoms. The Hall–Kier alpha value is -1.72. The van der Waals surface area contributed by atoms with Gasteiger partial charge in [0, 0.05) is 17.1 Å². The molecule has 1 atom stereocenters. The molecule has 0 aliphatic heterocycles. The number of nitrogen functional groups attached to an aromatic ring is 1. The highest BCUT2D eigenvalue weighted by molar-refractivity contribution is 7.12. The quantitative estimate of drug-likeness (QED) is 0.841. The van der Waals surface area contributed by atoms with Gasteiger partial charge in [-0.1, -0.05) is 6.07 Å². The molecule has 1 aromatic carbocycles. The number of carbonyl (C=O) groups is 1. The van der Waals surface area contributed by atoms with Crippen LogP contribution >= 0.6 is 23.7 Å². The van der Waals surface area contributed by atoms with Crippen LogP contribution in [0.2, 0.25) is 0 Å². The third kappa shape index (κ3) is 3.36. The van der Waals surface area contributed by atoms with Crippen LogP contribution in [0, 0.1) is 0 Å². The molecular weight excluding hydrogens is 320 g/mol. The van der Waals surface area contributed by atoms with Crippen LogP contribution in [-0.2, 0) is 6.42 Å². The Balaban J connectivity index is 0.00000176. The summed E-state index contributed by atoms with van der Waals surface area (Å²) in [5, 5.41) is 4.96. The van der Waals surface area contributed by atoms with E-state index in [1.165, 1.54) is 22.5 Å². The Kier molecular flexibility index (Phi) is 5.32. The number of halogens is 1. The van der Waals surface area contributed by atoms with Crippen molar-refractivity contribution < 1.29 is 9.53 Å². The average Bonchev–Trinajstić information content (AvgIpc) is 2.96. The second kappa shape index (κ2) is 7.03. The molecule has 1 heterocycles. The Morgan fingerprint density at radius 3 is 2.95 bits per heavy atom. The van der Waals surface area contributed by atoms with Gasteiger partial charge in [-0.05, 0) is 42.5 Å². The summed E-state index contributed by atoms with van der Waals surface area (Å²) in [7, 11) is 1.60. The first-order valence-electron chi connectivity index (χ1n) is 6.99. The van der Waals surface area contributed by atoms with Gasteiger partial charge < -0.3 is 15.8 Å². The van der Waals surface area contributed by atoms with E-state index < -0.39 is 0 Å². The van der Waals surface area contributed by atoms with Crippen LogP contribution < -0.4 is 15.8 Å². The second-order valence-electron chi connectivity index (χ2n) is 5.23. The summed E-state index contributed by atoms with van der Waals surface area (Å²) < 4.78 is 5.12. The Morgan fingerprint density at radius 2 is 2.23 bits per heavy atom. The predicted molar refractivity (Wildman–Crippen MR) is 92.1 cm³/mol. The van der Waals surface area contributed by atoms with Crippen molar-refractivity contribution >= 4 is 35.3 Å². The van der Waals surface area contributed by atoms with Crippen LogP contribution in [0.4, 0.5) is 5.69 Å². The van der Waals surface area contributed by atoms with Crippen LogP contribution in [-0.4, -0.2) is 13.0 Å². The number of carbonyl (C=O) groups excluding carboxylic acids is 1. The van der Waals surface area contributed by atoms with E-state index in [-0.39, 0.29) is 24.4 Å². The Morgan fingerprint density at radius 1 is 1.41 bits per heavy atom. The number of anilines is 1. The van der Waals surface area contributed by atoms with Crippen molar-refractivity contribution in [3.05, 3.63) is 45.6 Å². The van der Waals surface area contributed by atoms with Gasteiger partial charge in [0.2, 0.25) is 0 Å². The highest BCUT2D eigenvalue weighted by Gasteiger charge is 2.23. The van der Waals surface area contributed by atoms with E-state index in [0.29, 0.717) is 4.88 Å². The van der Waals surface area contributed by atoms with E-state index in [1.54, 1.807) is 13.2 Å². The minimum Gasteiger partial charge on any atom is -0.496 e. The van der Waals surface area contributed by atoms with Gasteiger partial charge in [0.25, 0.3) is 5.91 Å². The number of amides is 1. The molecule has 118 valence electrons. The lowest BCUT2D eigenvalue weighted by Gasteiger charge is -2.26. The van der Waals surface area contributed by atoms with E-state index in [0.717, 1.165) is 30.7 Å². The number of fused-ring (bicyclic) bond motifs is 1. The van der Waals surface area contributed by atoms with Crippen LogP contribution in [0.3, 0.4) is 0 Å². The average molecular weight is 339 g/mol. The summed E-state index contributed by atoms with van der Waals surface area (Å²) in [6.45, 7) is 0. The van der Waals surface area contributed by atoms with Crippen LogP contribution in [0.5, 0.6) is 5.75 Å². The molecule has 3 N–H and O–H groups in total. The maximum atomic E-state index is 12.3. The number of nitrogens with two attached hydrogens (primary N) is 1. The van der Waals surface area contributed by atoms with E-state index in [9.17, 15) is 4.79 Å². The number of nitrogens with one attached hydrogen (secondary N) is 1. The van der Waals surface area contributed by atoms with Gasteiger partial charge in [-0.25, -0.2) is 0 Å². The Labute approximate surface area is 140 Å². The summed E-state index contributed by atoms with van der Waals surface area (Å²) >= 11 is 1.40. The smallest absolute Gasteiger partial charge is 0.261 e. The van der Waals surface area contributed by atoms with E-state index >= 15 is 0 Å². The first-order chi connectivity index (χ1) is 10.2. The normalized spacial score (nSPS) is 16.3.